The monoisotopic (exact) mass is 394 g/mol. The summed E-state index contributed by atoms with van der Waals surface area (Å²) in [7, 11) is -3.79. The summed E-state index contributed by atoms with van der Waals surface area (Å²) in [6.45, 7) is 2.21. The Hall–Kier alpha value is -2.81. The fourth-order valence-corrected chi connectivity index (χ4v) is 3.96. The molecule has 1 amide bonds. The van der Waals surface area contributed by atoms with E-state index in [9.17, 15) is 17.6 Å². The van der Waals surface area contributed by atoms with E-state index in [1.807, 2.05) is 0 Å². The second-order valence-corrected chi connectivity index (χ2v) is 7.92. The average Bonchev–Trinajstić information content (AvgIpc) is 2.60. The van der Waals surface area contributed by atoms with Crippen LogP contribution in [-0.2, 0) is 14.8 Å². The van der Waals surface area contributed by atoms with Crippen LogP contribution in [-0.4, -0.2) is 39.8 Å². The van der Waals surface area contributed by atoms with E-state index in [-0.39, 0.29) is 11.4 Å². The summed E-state index contributed by atoms with van der Waals surface area (Å²) in [4.78, 5) is 12.6. The van der Waals surface area contributed by atoms with Crippen LogP contribution in [0.5, 0.6) is 11.5 Å². The summed E-state index contributed by atoms with van der Waals surface area (Å²) in [5.41, 5.74) is 0.506. The zero-order valence-electron chi connectivity index (χ0n) is 14.8. The van der Waals surface area contributed by atoms with Crippen LogP contribution in [0.1, 0.15) is 6.92 Å². The Morgan fingerprint density at radius 2 is 1.85 bits per heavy atom. The predicted molar refractivity (Wildman–Crippen MR) is 99.2 cm³/mol. The molecule has 2 aromatic carbocycles. The zero-order valence-corrected chi connectivity index (χ0v) is 15.6. The highest BCUT2D eigenvalue weighted by Crippen LogP contribution is 2.35. The van der Waals surface area contributed by atoms with E-state index >= 15 is 0 Å². The first-order valence-corrected chi connectivity index (χ1v) is 10.1. The summed E-state index contributed by atoms with van der Waals surface area (Å²) in [6, 6.07) is 8.94. The normalized spacial score (nSPS) is 14.3. The molecule has 1 atom stereocenters. The minimum Gasteiger partial charge on any atom is -0.486 e. The van der Waals surface area contributed by atoms with Gasteiger partial charge in [-0.2, -0.15) is 0 Å². The van der Waals surface area contributed by atoms with E-state index < -0.39 is 27.8 Å². The lowest BCUT2D eigenvalue weighted by Crippen LogP contribution is -2.45. The van der Waals surface area contributed by atoms with Gasteiger partial charge in [0.25, 0.3) is 0 Å². The maximum atomic E-state index is 13.3. The van der Waals surface area contributed by atoms with Crippen molar-refractivity contribution < 1.29 is 27.1 Å². The Morgan fingerprint density at radius 3 is 2.52 bits per heavy atom. The second kappa shape index (κ2) is 7.43. The number of carbonyl (C=O) groups is 1. The molecule has 1 heterocycles. The van der Waals surface area contributed by atoms with Gasteiger partial charge in [-0.05, 0) is 37.3 Å². The molecule has 0 radical (unpaired) electrons. The number of halogens is 1. The summed E-state index contributed by atoms with van der Waals surface area (Å²) in [5, 5.41) is 2.53. The van der Waals surface area contributed by atoms with E-state index in [1.54, 1.807) is 12.1 Å². The minimum absolute atomic E-state index is 0.238. The molecule has 7 nitrogen and oxygen atoms in total. The van der Waals surface area contributed by atoms with Gasteiger partial charge in [0.1, 0.15) is 25.1 Å². The molecule has 3 rings (SSSR count). The van der Waals surface area contributed by atoms with Gasteiger partial charge >= 0.3 is 0 Å². The number of hydrogen-bond acceptors (Lipinski definition) is 5. The van der Waals surface area contributed by atoms with Crippen LogP contribution in [0.2, 0.25) is 0 Å². The Morgan fingerprint density at radius 1 is 1.15 bits per heavy atom. The van der Waals surface area contributed by atoms with Gasteiger partial charge in [-0.1, -0.05) is 6.07 Å². The Labute approximate surface area is 156 Å². The summed E-state index contributed by atoms with van der Waals surface area (Å²) >= 11 is 0. The Kier molecular flexibility index (Phi) is 5.22. The van der Waals surface area contributed by atoms with Crippen molar-refractivity contribution in [3.8, 4) is 11.5 Å². The number of fused-ring (bicyclic) bond motifs is 1. The summed E-state index contributed by atoms with van der Waals surface area (Å²) in [6.07, 6.45) is 1.01. The number of nitrogens with one attached hydrogen (secondary N) is 1. The van der Waals surface area contributed by atoms with Gasteiger partial charge in [0, 0.05) is 11.8 Å². The van der Waals surface area contributed by atoms with E-state index in [2.05, 4.69) is 5.32 Å². The third-order valence-electron chi connectivity index (χ3n) is 3.96. The van der Waals surface area contributed by atoms with Gasteiger partial charge in [0.15, 0.2) is 11.5 Å². The fraction of sp³-hybridized carbons (Fsp3) is 0.278. The number of hydrogen-bond donors (Lipinski definition) is 1. The lowest BCUT2D eigenvalue weighted by molar-refractivity contribution is -0.116. The van der Waals surface area contributed by atoms with E-state index in [0.717, 1.165) is 16.6 Å². The van der Waals surface area contributed by atoms with Crippen molar-refractivity contribution >= 4 is 27.3 Å². The van der Waals surface area contributed by atoms with Gasteiger partial charge in [0.05, 0.1) is 11.9 Å². The number of sulfonamides is 1. The zero-order chi connectivity index (χ0) is 19.6. The number of rotatable bonds is 5. The second-order valence-electron chi connectivity index (χ2n) is 6.06. The lowest BCUT2D eigenvalue weighted by Gasteiger charge is -2.29. The molecule has 144 valence electrons. The molecule has 1 aliphatic heterocycles. The summed E-state index contributed by atoms with van der Waals surface area (Å²) < 4.78 is 49.9. The van der Waals surface area contributed by atoms with Crippen LogP contribution < -0.4 is 19.1 Å². The first kappa shape index (κ1) is 19.0. The van der Waals surface area contributed by atoms with Crippen molar-refractivity contribution in [1.82, 2.24) is 0 Å². The quantitative estimate of drug-likeness (QED) is 0.842. The van der Waals surface area contributed by atoms with Crippen LogP contribution in [0.25, 0.3) is 0 Å². The summed E-state index contributed by atoms with van der Waals surface area (Å²) in [5.74, 6) is -0.186. The molecule has 9 heteroatoms. The number of benzene rings is 2. The van der Waals surface area contributed by atoms with E-state index in [4.69, 9.17) is 9.47 Å². The number of ether oxygens (including phenoxy) is 2. The van der Waals surface area contributed by atoms with E-state index in [1.165, 1.54) is 31.2 Å². The minimum atomic E-state index is -3.79. The molecular weight excluding hydrogens is 375 g/mol. The van der Waals surface area contributed by atoms with Gasteiger partial charge in [-0.25, -0.2) is 12.8 Å². The van der Waals surface area contributed by atoms with Crippen LogP contribution in [0.3, 0.4) is 0 Å². The van der Waals surface area contributed by atoms with Crippen LogP contribution in [0.15, 0.2) is 42.5 Å². The smallest absolute Gasteiger partial charge is 0.247 e. The lowest BCUT2D eigenvalue weighted by atomic mass is 10.2. The third-order valence-corrected chi connectivity index (χ3v) is 5.20. The third kappa shape index (κ3) is 4.30. The molecule has 0 aromatic heterocycles. The Bertz CT molecular complexity index is 964. The maximum Gasteiger partial charge on any atom is 0.247 e. The molecule has 1 aliphatic rings. The fourth-order valence-electron chi connectivity index (χ4n) is 2.79. The highest BCUT2D eigenvalue weighted by molar-refractivity contribution is 7.92. The molecule has 0 saturated carbocycles. The van der Waals surface area contributed by atoms with Gasteiger partial charge in [0.2, 0.25) is 15.9 Å². The molecular formula is C18H19FN2O5S. The molecule has 27 heavy (non-hydrogen) atoms. The SMILES string of the molecule is C[C@H](C(=O)Nc1cccc(F)c1)N(c1ccc2c(c1)OCCO2)S(C)(=O)=O. The van der Waals surface area contributed by atoms with Crippen molar-refractivity contribution in [2.75, 3.05) is 29.1 Å². The number of nitrogens with zero attached hydrogens (tertiary/aromatic N) is 1. The molecule has 0 aliphatic carbocycles. The van der Waals surface area contributed by atoms with Crippen LogP contribution in [0, 0.1) is 5.82 Å². The van der Waals surface area contributed by atoms with Crippen molar-refractivity contribution in [2.45, 2.75) is 13.0 Å². The van der Waals surface area contributed by atoms with Gasteiger partial charge in [-0.3, -0.25) is 9.10 Å². The van der Waals surface area contributed by atoms with Gasteiger partial charge in [-0.15, -0.1) is 0 Å². The molecule has 0 unspecified atom stereocenters. The molecule has 0 bridgehead atoms. The standard InChI is InChI=1S/C18H19FN2O5S/c1-12(18(22)20-14-5-3-4-13(19)10-14)21(27(2,23)24)15-6-7-16-17(11-15)26-9-8-25-16/h3-7,10-12H,8-9H2,1-2H3,(H,20,22)/t12-/m1/s1. The number of carbonyl (C=O) groups excluding carboxylic acids is 1. The van der Waals surface area contributed by atoms with Crippen molar-refractivity contribution in [3.05, 3.63) is 48.3 Å². The van der Waals surface area contributed by atoms with Crippen molar-refractivity contribution in [1.29, 1.82) is 0 Å². The van der Waals surface area contributed by atoms with Crippen molar-refractivity contribution in [3.63, 3.8) is 0 Å². The first-order valence-electron chi connectivity index (χ1n) is 8.21. The number of amides is 1. The van der Waals surface area contributed by atoms with Gasteiger partial charge < -0.3 is 14.8 Å². The molecule has 0 spiro atoms. The van der Waals surface area contributed by atoms with E-state index in [0.29, 0.717) is 24.7 Å². The topological polar surface area (TPSA) is 84.9 Å². The molecule has 1 N–H and O–H groups in total. The highest BCUT2D eigenvalue weighted by Gasteiger charge is 2.30. The average molecular weight is 394 g/mol. The molecule has 2 aromatic rings. The van der Waals surface area contributed by atoms with Crippen molar-refractivity contribution in [2.24, 2.45) is 0 Å². The molecule has 0 saturated heterocycles. The first-order chi connectivity index (χ1) is 12.8. The number of anilines is 2. The highest BCUT2D eigenvalue weighted by atomic mass is 32.2. The predicted octanol–water partition coefficient (Wildman–Crippen LogP) is 2.39. The largest absolute Gasteiger partial charge is 0.486 e. The molecule has 0 fully saturated rings. The van der Waals surface area contributed by atoms with Crippen LogP contribution in [0.4, 0.5) is 15.8 Å². The van der Waals surface area contributed by atoms with Crippen LogP contribution >= 0.6 is 0 Å². The Balaban J connectivity index is 1.89. The maximum absolute atomic E-state index is 13.3.